The van der Waals surface area contributed by atoms with Gasteiger partial charge in [0.25, 0.3) is 11.7 Å². The summed E-state index contributed by atoms with van der Waals surface area (Å²) >= 11 is 0. The van der Waals surface area contributed by atoms with Crippen molar-refractivity contribution < 1.29 is 19.4 Å². The lowest BCUT2D eigenvalue weighted by Gasteiger charge is -2.27. The van der Waals surface area contributed by atoms with Gasteiger partial charge in [0, 0.05) is 12.1 Å². The van der Waals surface area contributed by atoms with Crippen LogP contribution in [0.4, 0.5) is 0 Å². The number of likely N-dealkylation sites (tertiary alicyclic amines) is 1. The second-order valence-electron chi connectivity index (χ2n) is 11.0. The first-order valence-electron chi connectivity index (χ1n) is 14.0. The summed E-state index contributed by atoms with van der Waals surface area (Å²) in [5.41, 5.74) is 2.59. The fourth-order valence-corrected chi connectivity index (χ4v) is 4.83. The molecule has 1 atom stereocenters. The third-order valence-electron chi connectivity index (χ3n) is 7.29. The van der Waals surface area contributed by atoms with Crippen LogP contribution in [0, 0.1) is 0 Å². The molecule has 0 aromatic heterocycles. The number of unbranched alkanes of at least 4 members (excludes halogenated alkanes) is 1. The zero-order valence-corrected chi connectivity index (χ0v) is 23.9. The molecule has 6 nitrogen and oxygen atoms in total. The third kappa shape index (κ3) is 6.84. The van der Waals surface area contributed by atoms with Gasteiger partial charge in [-0.2, -0.15) is 0 Å². The van der Waals surface area contributed by atoms with Crippen LogP contribution in [-0.4, -0.2) is 59.4 Å². The normalized spacial score (nSPS) is 17.4. The number of amides is 1. The number of aliphatic hydroxyl groups excluding tert-OH is 1. The van der Waals surface area contributed by atoms with Crippen LogP contribution in [0.5, 0.6) is 5.75 Å². The number of rotatable bonds is 12. The van der Waals surface area contributed by atoms with Gasteiger partial charge in [-0.3, -0.25) is 9.59 Å². The molecular formula is C32H44N2O4. The number of nitrogens with zero attached hydrogens (tertiary/aromatic N) is 2. The number of hydrogen-bond acceptors (Lipinski definition) is 5. The largest absolute Gasteiger partial charge is 0.507 e. The highest BCUT2D eigenvalue weighted by Crippen LogP contribution is 2.40. The third-order valence-corrected chi connectivity index (χ3v) is 7.29. The molecule has 3 rings (SSSR count). The lowest BCUT2D eigenvalue weighted by Crippen LogP contribution is -2.33. The van der Waals surface area contributed by atoms with Crippen LogP contribution < -0.4 is 4.74 Å². The molecule has 206 valence electrons. The molecule has 2 aromatic carbocycles. The number of ketones is 1. The Balaban J connectivity index is 1.99. The van der Waals surface area contributed by atoms with Crippen LogP contribution in [-0.2, 0) is 15.0 Å². The second kappa shape index (κ2) is 13.1. The minimum atomic E-state index is -0.640. The molecule has 38 heavy (non-hydrogen) atoms. The fraction of sp³-hybridized carbons (Fsp3) is 0.500. The fourth-order valence-electron chi connectivity index (χ4n) is 4.83. The van der Waals surface area contributed by atoms with E-state index in [1.807, 2.05) is 24.3 Å². The Morgan fingerprint density at radius 3 is 2.13 bits per heavy atom. The van der Waals surface area contributed by atoms with Crippen LogP contribution in [0.15, 0.2) is 54.1 Å². The van der Waals surface area contributed by atoms with Crippen LogP contribution in [0.2, 0.25) is 0 Å². The van der Waals surface area contributed by atoms with Gasteiger partial charge in [0.15, 0.2) is 0 Å². The number of benzene rings is 2. The van der Waals surface area contributed by atoms with E-state index in [2.05, 4.69) is 46.4 Å². The highest BCUT2D eigenvalue weighted by molar-refractivity contribution is 6.46. The molecule has 6 heteroatoms. The lowest BCUT2D eigenvalue weighted by molar-refractivity contribution is -0.140. The standard InChI is InChI=1S/C32H44N2O4/c1-7-10-22-38-26-18-14-24(15-19-26)29(35)27-28(23-12-16-25(17-13-23)32(4,5)6)34(31(37)30(27)36)21-11-20-33(8-2)9-3/h12-19,28,35H,7-11,20-22H2,1-6H3/b29-27-. The Hall–Kier alpha value is -3.12. The van der Waals surface area contributed by atoms with E-state index in [4.69, 9.17) is 4.74 Å². The summed E-state index contributed by atoms with van der Waals surface area (Å²) < 4.78 is 5.74. The van der Waals surface area contributed by atoms with E-state index in [-0.39, 0.29) is 16.7 Å². The second-order valence-corrected chi connectivity index (χ2v) is 11.0. The number of aliphatic hydroxyl groups is 1. The first-order valence-corrected chi connectivity index (χ1v) is 14.0. The van der Waals surface area contributed by atoms with Crippen molar-refractivity contribution in [3.05, 3.63) is 70.8 Å². The maximum Gasteiger partial charge on any atom is 0.295 e. The summed E-state index contributed by atoms with van der Waals surface area (Å²) in [6, 6.07) is 14.5. The average molecular weight is 521 g/mol. The molecule has 0 aliphatic carbocycles. The van der Waals surface area contributed by atoms with Crippen LogP contribution in [0.3, 0.4) is 0 Å². The summed E-state index contributed by atoms with van der Waals surface area (Å²) in [7, 11) is 0. The molecule has 0 spiro atoms. The van der Waals surface area contributed by atoms with Crippen LogP contribution in [0.25, 0.3) is 5.76 Å². The Morgan fingerprint density at radius 2 is 1.58 bits per heavy atom. The molecular weight excluding hydrogens is 476 g/mol. The SMILES string of the molecule is CCCCOc1ccc(/C(O)=C2/C(=O)C(=O)N(CCCN(CC)CC)C2c2ccc(C(C)(C)C)cc2)cc1. The first-order chi connectivity index (χ1) is 18.1. The van der Waals surface area contributed by atoms with E-state index in [0.29, 0.717) is 24.5 Å². The van der Waals surface area contributed by atoms with Crippen LogP contribution in [0.1, 0.15) is 83.5 Å². The molecule has 1 unspecified atom stereocenters. The minimum Gasteiger partial charge on any atom is -0.507 e. The summed E-state index contributed by atoms with van der Waals surface area (Å²) in [5, 5.41) is 11.4. The number of ether oxygens (including phenoxy) is 1. The van der Waals surface area contributed by atoms with Crippen molar-refractivity contribution in [3.63, 3.8) is 0 Å². The zero-order chi connectivity index (χ0) is 27.9. The molecule has 0 radical (unpaired) electrons. The van der Waals surface area contributed by atoms with Gasteiger partial charge in [-0.15, -0.1) is 0 Å². The Kier molecular flexibility index (Phi) is 10.1. The monoisotopic (exact) mass is 520 g/mol. The topological polar surface area (TPSA) is 70.1 Å². The number of carbonyl (C=O) groups excluding carboxylic acids is 2. The van der Waals surface area contributed by atoms with E-state index in [1.165, 1.54) is 5.56 Å². The van der Waals surface area contributed by atoms with Gasteiger partial charge >= 0.3 is 0 Å². The molecule has 1 fully saturated rings. The average Bonchev–Trinajstić information content (AvgIpc) is 3.16. The van der Waals surface area contributed by atoms with Gasteiger partial charge in [0.2, 0.25) is 0 Å². The number of carbonyl (C=O) groups is 2. The summed E-state index contributed by atoms with van der Waals surface area (Å²) in [4.78, 5) is 30.6. The maximum absolute atomic E-state index is 13.3. The zero-order valence-electron chi connectivity index (χ0n) is 23.9. The van der Waals surface area contributed by atoms with Gasteiger partial charge < -0.3 is 19.6 Å². The summed E-state index contributed by atoms with van der Waals surface area (Å²) in [6.45, 7) is 16.6. The number of Topliss-reactive ketones (excluding diaryl/α,β-unsaturated/α-hetero) is 1. The summed E-state index contributed by atoms with van der Waals surface area (Å²) in [5.74, 6) is -0.644. The van der Waals surface area contributed by atoms with Crippen molar-refractivity contribution >= 4 is 17.4 Å². The highest BCUT2D eigenvalue weighted by atomic mass is 16.5. The van der Waals surface area contributed by atoms with Gasteiger partial charge in [-0.25, -0.2) is 0 Å². The van der Waals surface area contributed by atoms with E-state index < -0.39 is 17.7 Å². The molecule has 1 aliphatic heterocycles. The van der Waals surface area contributed by atoms with Crippen LogP contribution >= 0.6 is 0 Å². The van der Waals surface area contributed by atoms with Crippen molar-refractivity contribution in [1.82, 2.24) is 9.80 Å². The molecule has 1 aliphatic rings. The van der Waals surface area contributed by atoms with Crippen molar-refractivity contribution in [2.45, 2.75) is 72.3 Å². The van der Waals surface area contributed by atoms with Crippen molar-refractivity contribution in [3.8, 4) is 5.75 Å². The molecule has 0 bridgehead atoms. The summed E-state index contributed by atoms with van der Waals surface area (Å²) in [6.07, 6.45) is 2.76. The van der Waals surface area contributed by atoms with Gasteiger partial charge in [-0.05, 0) is 73.3 Å². The molecule has 1 heterocycles. The maximum atomic E-state index is 13.3. The van der Waals surface area contributed by atoms with E-state index in [0.717, 1.165) is 44.5 Å². The molecule has 0 saturated carbocycles. The molecule has 1 N–H and O–H groups in total. The Bertz CT molecular complexity index is 1110. The van der Waals surface area contributed by atoms with E-state index >= 15 is 0 Å². The predicted molar refractivity (Wildman–Crippen MR) is 153 cm³/mol. The van der Waals surface area contributed by atoms with Crippen molar-refractivity contribution in [2.24, 2.45) is 0 Å². The predicted octanol–water partition coefficient (Wildman–Crippen LogP) is 6.32. The first kappa shape index (κ1) is 29.4. The minimum absolute atomic E-state index is 0.0228. The van der Waals surface area contributed by atoms with Crippen molar-refractivity contribution in [1.29, 1.82) is 0 Å². The van der Waals surface area contributed by atoms with Gasteiger partial charge in [0.05, 0.1) is 18.2 Å². The smallest absolute Gasteiger partial charge is 0.295 e. The van der Waals surface area contributed by atoms with Crippen molar-refractivity contribution in [2.75, 3.05) is 32.8 Å². The Labute approximate surface area is 228 Å². The molecule has 1 amide bonds. The highest BCUT2D eigenvalue weighted by Gasteiger charge is 2.45. The van der Waals surface area contributed by atoms with Gasteiger partial charge in [-0.1, -0.05) is 72.2 Å². The number of hydrogen-bond donors (Lipinski definition) is 1. The lowest BCUT2D eigenvalue weighted by atomic mass is 9.85. The Morgan fingerprint density at radius 1 is 0.947 bits per heavy atom. The van der Waals surface area contributed by atoms with E-state index in [9.17, 15) is 14.7 Å². The quantitative estimate of drug-likeness (QED) is 0.154. The molecule has 1 saturated heterocycles. The van der Waals surface area contributed by atoms with Gasteiger partial charge in [0.1, 0.15) is 11.5 Å². The molecule has 2 aromatic rings. The van der Waals surface area contributed by atoms with E-state index in [1.54, 1.807) is 29.2 Å².